The second-order valence-electron chi connectivity index (χ2n) is 8.48. The number of aliphatic hydroxyl groups is 1. The van der Waals surface area contributed by atoms with E-state index < -0.39 is 0 Å². The average Bonchev–Trinajstić information content (AvgIpc) is 2.80. The van der Waals surface area contributed by atoms with Gasteiger partial charge in [0.25, 0.3) is 0 Å². The molecule has 30 heavy (non-hydrogen) atoms. The Morgan fingerprint density at radius 1 is 1.03 bits per heavy atom. The van der Waals surface area contributed by atoms with Crippen LogP contribution in [0.4, 0.5) is 0 Å². The molecule has 4 heterocycles. The molecule has 0 amide bonds. The van der Waals surface area contributed by atoms with Crippen molar-refractivity contribution in [1.29, 1.82) is 0 Å². The minimum Gasteiger partial charge on any atom is -1.00 e. The van der Waals surface area contributed by atoms with Crippen molar-refractivity contribution in [1.82, 2.24) is 4.98 Å². The summed E-state index contributed by atoms with van der Waals surface area (Å²) in [6.45, 7) is 7.78. The van der Waals surface area contributed by atoms with Crippen molar-refractivity contribution < 1.29 is 22.0 Å². The number of halogens is 1. The molecule has 158 valence electrons. The average molecular weight is 423 g/mol. The highest BCUT2D eigenvalue weighted by molar-refractivity contribution is 5.77. The van der Waals surface area contributed by atoms with E-state index in [4.69, 9.17) is 0 Å². The van der Waals surface area contributed by atoms with E-state index in [2.05, 4.69) is 60.1 Å². The van der Waals surface area contributed by atoms with Crippen LogP contribution in [0.2, 0.25) is 0 Å². The van der Waals surface area contributed by atoms with E-state index in [1.54, 1.807) is 0 Å². The van der Waals surface area contributed by atoms with Crippen LogP contribution >= 0.6 is 0 Å². The minimum absolute atomic E-state index is 0. The molecular formula is C26H31ClN2O. The summed E-state index contributed by atoms with van der Waals surface area (Å²) in [5.41, 5.74) is 2.45. The van der Waals surface area contributed by atoms with Crippen LogP contribution in [-0.4, -0.2) is 40.3 Å². The van der Waals surface area contributed by atoms with Crippen LogP contribution in [0.5, 0.6) is 0 Å². The lowest BCUT2D eigenvalue weighted by molar-refractivity contribution is -0.981. The standard InChI is InChI=1S/C17H24NO.C9H7N.ClH/c1-2-15-12-18(11-14-6-4-3-5-7-14)9-8-16(15)10-17(18)13-19;1-2-6-9-8(4-1)5-3-7-10-9;/h2-7,15-17,19H,1,8-13H2;1-7H;1H/q+1;;/p-1/t15-,16?,17-,18+;;/m0../s1. The van der Waals surface area contributed by atoms with Gasteiger partial charge in [-0.2, -0.15) is 0 Å². The largest absolute Gasteiger partial charge is 1.00 e. The third-order valence-electron chi connectivity index (χ3n) is 6.84. The normalized spacial score (nSPS) is 26.9. The van der Waals surface area contributed by atoms with Gasteiger partial charge in [0.15, 0.2) is 0 Å². The van der Waals surface area contributed by atoms with Crippen molar-refractivity contribution in [2.24, 2.45) is 11.8 Å². The Morgan fingerprint density at radius 2 is 1.77 bits per heavy atom. The Balaban J connectivity index is 0.000000197. The van der Waals surface area contributed by atoms with Gasteiger partial charge in [-0.25, -0.2) is 0 Å². The lowest BCUT2D eigenvalue weighted by Gasteiger charge is -2.56. The molecule has 1 unspecified atom stereocenters. The van der Waals surface area contributed by atoms with Gasteiger partial charge in [0, 0.05) is 35.9 Å². The first-order chi connectivity index (χ1) is 14.2. The molecule has 0 saturated carbocycles. The fraction of sp³-hybridized carbons (Fsp3) is 0.346. The van der Waals surface area contributed by atoms with Crippen molar-refractivity contribution in [3.63, 3.8) is 0 Å². The Labute approximate surface area is 186 Å². The van der Waals surface area contributed by atoms with E-state index in [9.17, 15) is 5.11 Å². The molecule has 4 atom stereocenters. The topological polar surface area (TPSA) is 33.1 Å². The third kappa shape index (κ3) is 4.75. The molecule has 6 rings (SSSR count). The highest BCUT2D eigenvalue weighted by atomic mass is 35.5. The van der Waals surface area contributed by atoms with E-state index in [0.29, 0.717) is 18.6 Å². The Kier molecular flexibility index (Phi) is 7.65. The number of benzene rings is 2. The number of para-hydroxylation sites is 1. The van der Waals surface area contributed by atoms with Gasteiger partial charge in [-0.1, -0.05) is 60.7 Å². The number of fused-ring (bicyclic) bond motifs is 4. The summed E-state index contributed by atoms with van der Waals surface area (Å²) in [5, 5.41) is 11.0. The number of nitrogens with zero attached hydrogens (tertiary/aromatic N) is 2. The summed E-state index contributed by atoms with van der Waals surface area (Å²) in [4.78, 5) is 4.18. The molecule has 3 aliphatic heterocycles. The number of quaternary nitrogens is 1. The SMILES string of the molecule is C=C[C@H]1C[N@+]2(Cc3ccccc3)CCC1C[C@H]2CO.[Cl-].c1ccc2ncccc2c1. The quantitative estimate of drug-likeness (QED) is 0.514. The number of aromatic nitrogens is 1. The molecule has 0 radical (unpaired) electrons. The second kappa shape index (κ2) is 10.2. The molecule has 3 aliphatic rings. The molecule has 3 nitrogen and oxygen atoms in total. The maximum atomic E-state index is 9.77. The van der Waals surface area contributed by atoms with Crippen molar-refractivity contribution in [2.45, 2.75) is 25.4 Å². The monoisotopic (exact) mass is 422 g/mol. The lowest BCUT2D eigenvalue weighted by atomic mass is 9.73. The number of aliphatic hydroxyl groups excluding tert-OH is 1. The maximum Gasteiger partial charge on any atom is 0.113 e. The molecule has 1 aromatic heterocycles. The molecule has 2 aromatic carbocycles. The summed E-state index contributed by atoms with van der Waals surface area (Å²) < 4.78 is 1.06. The molecule has 3 fully saturated rings. The van der Waals surface area contributed by atoms with Crippen molar-refractivity contribution in [3.8, 4) is 0 Å². The molecular weight excluding hydrogens is 392 g/mol. The van der Waals surface area contributed by atoms with Crippen molar-refractivity contribution in [3.05, 3.63) is 91.1 Å². The zero-order valence-electron chi connectivity index (χ0n) is 17.4. The fourth-order valence-electron chi connectivity index (χ4n) is 5.25. The number of rotatable bonds is 4. The molecule has 3 aromatic rings. The number of hydrogen-bond donors (Lipinski definition) is 1. The van der Waals surface area contributed by atoms with Crippen LogP contribution in [0.1, 0.15) is 18.4 Å². The predicted molar refractivity (Wildman–Crippen MR) is 119 cm³/mol. The zero-order valence-corrected chi connectivity index (χ0v) is 18.2. The van der Waals surface area contributed by atoms with Gasteiger partial charge >= 0.3 is 0 Å². The van der Waals surface area contributed by atoms with Gasteiger partial charge in [0.2, 0.25) is 0 Å². The van der Waals surface area contributed by atoms with Crippen LogP contribution < -0.4 is 12.4 Å². The highest BCUT2D eigenvalue weighted by Gasteiger charge is 2.50. The first-order valence-electron chi connectivity index (χ1n) is 10.7. The zero-order chi connectivity index (χ0) is 20.1. The van der Waals surface area contributed by atoms with Crippen LogP contribution in [0, 0.1) is 11.8 Å². The maximum absolute atomic E-state index is 9.77. The predicted octanol–water partition coefficient (Wildman–Crippen LogP) is 1.83. The lowest BCUT2D eigenvalue weighted by Crippen LogP contribution is -3.00. The van der Waals surface area contributed by atoms with Gasteiger partial charge in [-0.3, -0.25) is 4.98 Å². The summed E-state index contributed by atoms with van der Waals surface area (Å²) in [6.07, 6.45) is 6.41. The van der Waals surface area contributed by atoms with Crippen LogP contribution in [0.25, 0.3) is 10.9 Å². The van der Waals surface area contributed by atoms with Gasteiger partial charge in [0.05, 0.1) is 25.2 Å². The van der Waals surface area contributed by atoms with Crippen LogP contribution in [-0.2, 0) is 6.54 Å². The van der Waals surface area contributed by atoms with Gasteiger partial charge in [-0.15, -0.1) is 6.58 Å². The Hall–Kier alpha value is -2.20. The van der Waals surface area contributed by atoms with Gasteiger partial charge in [-0.05, 0) is 18.1 Å². The Morgan fingerprint density at radius 3 is 2.50 bits per heavy atom. The van der Waals surface area contributed by atoms with Gasteiger partial charge < -0.3 is 22.0 Å². The molecule has 3 saturated heterocycles. The summed E-state index contributed by atoms with van der Waals surface area (Å²) in [6, 6.07) is 23.2. The summed E-state index contributed by atoms with van der Waals surface area (Å²) >= 11 is 0. The third-order valence-corrected chi connectivity index (χ3v) is 6.84. The first-order valence-corrected chi connectivity index (χ1v) is 10.7. The Bertz CT molecular complexity index is 882. The second-order valence-corrected chi connectivity index (χ2v) is 8.48. The first kappa shape index (κ1) is 22.5. The summed E-state index contributed by atoms with van der Waals surface area (Å²) in [5.74, 6) is 1.39. The number of piperidine rings is 3. The van der Waals surface area contributed by atoms with Crippen LogP contribution in [0.15, 0.2) is 85.6 Å². The van der Waals surface area contributed by atoms with E-state index >= 15 is 0 Å². The van der Waals surface area contributed by atoms with Crippen molar-refractivity contribution in [2.75, 3.05) is 19.7 Å². The molecule has 4 heteroatoms. The van der Waals surface area contributed by atoms with Crippen LogP contribution in [0.3, 0.4) is 0 Å². The molecule has 0 aliphatic carbocycles. The fourth-order valence-corrected chi connectivity index (χ4v) is 5.25. The summed E-state index contributed by atoms with van der Waals surface area (Å²) in [7, 11) is 0. The number of hydrogen-bond acceptors (Lipinski definition) is 2. The van der Waals surface area contributed by atoms with E-state index in [1.165, 1.54) is 30.3 Å². The van der Waals surface area contributed by atoms with E-state index in [1.807, 2.05) is 30.5 Å². The molecule has 1 N–H and O–H groups in total. The van der Waals surface area contributed by atoms with E-state index in [0.717, 1.165) is 29.0 Å². The van der Waals surface area contributed by atoms with E-state index in [-0.39, 0.29) is 12.4 Å². The molecule has 0 spiro atoms. The van der Waals surface area contributed by atoms with Crippen molar-refractivity contribution >= 4 is 10.9 Å². The number of pyridine rings is 1. The molecule has 2 bridgehead atoms. The smallest absolute Gasteiger partial charge is 0.113 e. The highest BCUT2D eigenvalue weighted by Crippen LogP contribution is 2.43. The minimum atomic E-state index is 0. The van der Waals surface area contributed by atoms with Gasteiger partial charge in [0.1, 0.15) is 12.6 Å².